The van der Waals surface area contributed by atoms with Gasteiger partial charge in [0.05, 0.1) is 12.0 Å². The predicted molar refractivity (Wildman–Crippen MR) is 75.9 cm³/mol. The maximum absolute atomic E-state index is 10.6. The number of aryl methyl sites for hydroxylation is 1. The van der Waals surface area contributed by atoms with Crippen LogP contribution in [0.25, 0.3) is 0 Å². The van der Waals surface area contributed by atoms with Crippen molar-refractivity contribution < 1.29 is 9.66 Å². The molecule has 0 aliphatic rings. The lowest BCUT2D eigenvalue weighted by Gasteiger charge is -2.08. The molecule has 1 heterocycles. The molecule has 0 aliphatic carbocycles. The van der Waals surface area contributed by atoms with Crippen molar-refractivity contribution in [1.82, 2.24) is 4.98 Å². The number of methoxy groups -OCH3 is 1. The minimum absolute atomic E-state index is 0.00232. The van der Waals surface area contributed by atoms with E-state index < -0.39 is 4.92 Å². The molecule has 1 N–H and O–H groups in total. The van der Waals surface area contributed by atoms with Gasteiger partial charge in [-0.05, 0) is 30.2 Å². The van der Waals surface area contributed by atoms with Crippen LogP contribution in [-0.2, 0) is 6.54 Å². The number of nitrogens with one attached hydrogen (secondary N) is 1. The fourth-order valence-corrected chi connectivity index (χ4v) is 1.77. The van der Waals surface area contributed by atoms with Gasteiger partial charge >= 0.3 is 0 Å². The number of hydrogen-bond acceptors (Lipinski definition) is 5. The molecule has 2 rings (SSSR count). The second-order valence-corrected chi connectivity index (χ2v) is 4.32. The lowest BCUT2D eigenvalue weighted by Crippen LogP contribution is -2.03. The van der Waals surface area contributed by atoms with Crippen molar-refractivity contribution in [3.05, 3.63) is 57.8 Å². The summed E-state index contributed by atoms with van der Waals surface area (Å²) in [6, 6.07) is 9.17. The number of pyridine rings is 1. The first-order chi connectivity index (χ1) is 9.60. The number of aromatic nitrogens is 1. The van der Waals surface area contributed by atoms with Crippen LogP contribution in [0, 0.1) is 17.0 Å². The lowest BCUT2D eigenvalue weighted by atomic mass is 10.2. The Morgan fingerprint density at radius 3 is 2.60 bits per heavy atom. The summed E-state index contributed by atoms with van der Waals surface area (Å²) < 4.78 is 5.09. The third-order valence-electron chi connectivity index (χ3n) is 2.89. The molecule has 6 nitrogen and oxygen atoms in total. The summed E-state index contributed by atoms with van der Waals surface area (Å²) in [4.78, 5) is 14.3. The van der Waals surface area contributed by atoms with Crippen LogP contribution in [0.5, 0.6) is 5.75 Å². The van der Waals surface area contributed by atoms with Gasteiger partial charge in [-0.3, -0.25) is 10.1 Å². The zero-order valence-corrected chi connectivity index (χ0v) is 11.3. The topological polar surface area (TPSA) is 77.3 Å². The molecule has 0 saturated carbocycles. The van der Waals surface area contributed by atoms with Crippen LogP contribution in [0.1, 0.15) is 11.1 Å². The number of nitrogens with zero attached hydrogens (tertiary/aromatic N) is 2. The average molecular weight is 273 g/mol. The first-order valence-corrected chi connectivity index (χ1v) is 6.08. The molecule has 2 aromatic rings. The van der Waals surface area contributed by atoms with Crippen molar-refractivity contribution in [2.24, 2.45) is 0 Å². The van der Waals surface area contributed by atoms with E-state index in [1.165, 1.54) is 12.3 Å². The van der Waals surface area contributed by atoms with E-state index in [9.17, 15) is 10.1 Å². The third-order valence-corrected chi connectivity index (χ3v) is 2.89. The van der Waals surface area contributed by atoms with E-state index >= 15 is 0 Å². The highest BCUT2D eigenvalue weighted by atomic mass is 16.6. The van der Waals surface area contributed by atoms with E-state index in [0.29, 0.717) is 12.4 Å². The number of benzene rings is 1. The van der Waals surface area contributed by atoms with Gasteiger partial charge in [-0.25, -0.2) is 4.98 Å². The number of rotatable bonds is 5. The summed E-state index contributed by atoms with van der Waals surface area (Å²) in [5.74, 6) is 1.45. The molecule has 1 aromatic carbocycles. The molecule has 104 valence electrons. The van der Waals surface area contributed by atoms with Gasteiger partial charge in [0.25, 0.3) is 5.69 Å². The number of anilines is 1. The normalized spacial score (nSPS) is 10.1. The Hall–Kier alpha value is -2.63. The fraction of sp³-hybridized carbons (Fsp3) is 0.214. The maximum atomic E-state index is 10.6. The molecule has 1 aromatic heterocycles. The molecule has 20 heavy (non-hydrogen) atoms. The standard InChI is InChI=1S/C14H15N3O3/c1-10-7-12(17(18)19)9-16-14(10)15-8-11-3-5-13(20-2)6-4-11/h3-7,9H,8H2,1-2H3,(H,15,16). The molecule has 0 unspecified atom stereocenters. The number of hydrogen-bond donors (Lipinski definition) is 1. The van der Waals surface area contributed by atoms with Crippen molar-refractivity contribution in [3.8, 4) is 5.75 Å². The van der Waals surface area contributed by atoms with Gasteiger partial charge in [0.1, 0.15) is 17.8 Å². The Bertz CT molecular complexity index is 612. The molecule has 0 fully saturated rings. The van der Waals surface area contributed by atoms with Gasteiger partial charge in [-0.2, -0.15) is 0 Å². The first kappa shape index (κ1) is 13.8. The molecule has 0 amide bonds. The fourth-order valence-electron chi connectivity index (χ4n) is 1.77. The molecule has 0 saturated heterocycles. The van der Waals surface area contributed by atoms with E-state index in [0.717, 1.165) is 16.9 Å². The van der Waals surface area contributed by atoms with Gasteiger partial charge in [-0.1, -0.05) is 12.1 Å². The van der Waals surface area contributed by atoms with Crippen LogP contribution in [-0.4, -0.2) is 17.0 Å². The zero-order chi connectivity index (χ0) is 14.5. The molecule has 0 aliphatic heterocycles. The summed E-state index contributed by atoms with van der Waals surface area (Å²) in [7, 11) is 1.62. The smallest absolute Gasteiger partial charge is 0.287 e. The molecular formula is C14H15N3O3. The Morgan fingerprint density at radius 1 is 1.35 bits per heavy atom. The van der Waals surface area contributed by atoms with Crippen LogP contribution in [0.4, 0.5) is 11.5 Å². The highest BCUT2D eigenvalue weighted by Gasteiger charge is 2.09. The third kappa shape index (κ3) is 3.23. The first-order valence-electron chi connectivity index (χ1n) is 6.08. The summed E-state index contributed by atoms with van der Waals surface area (Å²) >= 11 is 0. The molecule has 0 spiro atoms. The van der Waals surface area contributed by atoms with E-state index in [2.05, 4.69) is 10.3 Å². The Balaban J connectivity index is 2.04. The van der Waals surface area contributed by atoms with Gasteiger partial charge in [0.15, 0.2) is 0 Å². The summed E-state index contributed by atoms with van der Waals surface area (Å²) in [5, 5.41) is 13.8. The number of ether oxygens (including phenoxy) is 1. The monoisotopic (exact) mass is 273 g/mol. The van der Waals surface area contributed by atoms with E-state index in [-0.39, 0.29) is 5.69 Å². The van der Waals surface area contributed by atoms with Gasteiger partial charge in [0, 0.05) is 12.6 Å². The Kier molecular flexibility index (Phi) is 4.14. The second-order valence-electron chi connectivity index (χ2n) is 4.32. The Labute approximate surface area is 116 Å². The summed E-state index contributed by atoms with van der Waals surface area (Å²) in [6.45, 7) is 2.38. The SMILES string of the molecule is COc1ccc(CNc2ncc([N+](=O)[O-])cc2C)cc1. The van der Waals surface area contributed by atoms with Gasteiger partial charge < -0.3 is 10.1 Å². The van der Waals surface area contributed by atoms with Crippen LogP contribution >= 0.6 is 0 Å². The summed E-state index contributed by atoms with van der Waals surface area (Å²) in [5.41, 5.74) is 1.82. The summed E-state index contributed by atoms with van der Waals surface area (Å²) in [6.07, 6.45) is 1.25. The van der Waals surface area contributed by atoms with Crippen molar-refractivity contribution >= 4 is 11.5 Å². The molecule has 0 atom stereocenters. The number of nitro groups is 1. The van der Waals surface area contributed by atoms with E-state index in [1.54, 1.807) is 14.0 Å². The second kappa shape index (κ2) is 6.01. The largest absolute Gasteiger partial charge is 0.497 e. The molecule has 0 radical (unpaired) electrons. The van der Waals surface area contributed by atoms with Gasteiger partial charge in [0.2, 0.25) is 0 Å². The molecule has 6 heteroatoms. The highest BCUT2D eigenvalue weighted by molar-refractivity contribution is 5.48. The molecule has 0 bridgehead atoms. The highest BCUT2D eigenvalue weighted by Crippen LogP contribution is 2.19. The minimum Gasteiger partial charge on any atom is -0.497 e. The van der Waals surface area contributed by atoms with Crippen LogP contribution in [0.3, 0.4) is 0 Å². The predicted octanol–water partition coefficient (Wildman–Crippen LogP) is 2.92. The van der Waals surface area contributed by atoms with Crippen LogP contribution in [0.15, 0.2) is 36.5 Å². The lowest BCUT2D eigenvalue weighted by molar-refractivity contribution is -0.385. The maximum Gasteiger partial charge on any atom is 0.287 e. The Morgan fingerprint density at radius 2 is 2.05 bits per heavy atom. The van der Waals surface area contributed by atoms with Crippen LogP contribution < -0.4 is 10.1 Å². The van der Waals surface area contributed by atoms with Crippen molar-refractivity contribution in [2.45, 2.75) is 13.5 Å². The van der Waals surface area contributed by atoms with Crippen LogP contribution in [0.2, 0.25) is 0 Å². The quantitative estimate of drug-likeness (QED) is 0.669. The van der Waals surface area contributed by atoms with Crippen molar-refractivity contribution in [3.63, 3.8) is 0 Å². The van der Waals surface area contributed by atoms with Crippen molar-refractivity contribution in [2.75, 3.05) is 12.4 Å². The van der Waals surface area contributed by atoms with E-state index in [1.807, 2.05) is 24.3 Å². The van der Waals surface area contributed by atoms with Gasteiger partial charge in [-0.15, -0.1) is 0 Å². The average Bonchev–Trinajstić information content (AvgIpc) is 2.46. The van der Waals surface area contributed by atoms with Crippen molar-refractivity contribution in [1.29, 1.82) is 0 Å². The minimum atomic E-state index is -0.451. The van der Waals surface area contributed by atoms with E-state index in [4.69, 9.17) is 4.74 Å². The molecular weight excluding hydrogens is 258 g/mol. The zero-order valence-electron chi connectivity index (χ0n) is 11.3.